The van der Waals surface area contributed by atoms with Gasteiger partial charge in [0, 0.05) is 5.69 Å². The number of aryl methyl sites for hydroxylation is 1. The zero-order valence-electron chi connectivity index (χ0n) is 9.84. The fourth-order valence-corrected chi connectivity index (χ4v) is 1.93. The van der Waals surface area contributed by atoms with Gasteiger partial charge in [0.05, 0.1) is 5.56 Å². The Morgan fingerprint density at radius 2 is 2.06 bits per heavy atom. The summed E-state index contributed by atoms with van der Waals surface area (Å²) in [5.41, 5.74) is 9.31. The van der Waals surface area contributed by atoms with E-state index in [0.717, 1.165) is 11.1 Å². The van der Waals surface area contributed by atoms with Gasteiger partial charge in [0.1, 0.15) is 11.3 Å². The average molecular weight is 240 g/mol. The molecule has 0 unspecified atom stereocenters. The third-order valence-electron chi connectivity index (χ3n) is 2.87. The molecule has 3 aromatic rings. The highest BCUT2D eigenvalue weighted by Gasteiger charge is 2.13. The van der Waals surface area contributed by atoms with E-state index in [9.17, 15) is 5.11 Å². The average Bonchev–Trinajstić information content (AvgIpc) is 2.77. The Kier molecular flexibility index (Phi) is 2.23. The first-order valence-electron chi connectivity index (χ1n) is 5.60. The number of nitrogen functional groups attached to an aromatic ring is 1. The number of rotatable bonds is 1. The summed E-state index contributed by atoms with van der Waals surface area (Å²) in [6.45, 7) is 1.97. The standard InChI is InChI=1S/C14H12N2O2/c1-8-3-2-4-12-13(8)16-14(18-12)10-7-9(15)5-6-11(10)17/h2-7,17H,15H2,1H3. The number of aromatic hydroxyl groups is 1. The zero-order chi connectivity index (χ0) is 12.7. The van der Waals surface area contributed by atoms with Gasteiger partial charge in [-0.3, -0.25) is 0 Å². The predicted octanol–water partition coefficient (Wildman–Crippen LogP) is 3.09. The Morgan fingerprint density at radius 3 is 2.83 bits per heavy atom. The molecule has 0 saturated heterocycles. The molecule has 4 nitrogen and oxygen atoms in total. The van der Waals surface area contributed by atoms with Gasteiger partial charge in [-0.05, 0) is 36.8 Å². The van der Waals surface area contributed by atoms with Crippen LogP contribution in [0.15, 0.2) is 40.8 Å². The van der Waals surface area contributed by atoms with Crippen LogP contribution in [0.25, 0.3) is 22.6 Å². The lowest BCUT2D eigenvalue weighted by Crippen LogP contribution is -1.86. The minimum absolute atomic E-state index is 0.105. The highest BCUT2D eigenvalue weighted by Crippen LogP contribution is 2.33. The summed E-state index contributed by atoms with van der Waals surface area (Å²) in [7, 11) is 0. The van der Waals surface area contributed by atoms with Gasteiger partial charge in [0.2, 0.25) is 5.89 Å². The smallest absolute Gasteiger partial charge is 0.231 e. The number of fused-ring (bicyclic) bond motifs is 1. The van der Waals surface area contributed by atoms with Crippen molar-refractivity contribution in [2.45, 2.75) is 6.92 Å². The maximum atomic E-state index is 9.83. The molecule has 1 aromatic heterocycles. The normalized spacial score (nSPS) is 10.9. The Balaban J connectivity index is 2.26. The number of phenols is 1. The molecular formula is C14H12N2O2. The van der Waals surface area contributed by atoms with Crippen LogP contribution in [0.3, 0.4) is 0 Å². The number of benzene rings is 2. The molecular weight excluding hydrogens is 228 g/mol. The number of para-hydroxylation sites is 1. The number of oxazole rings is 1. The molecule has 2 aromatic carbocycles. The van der Waals surface area contributed by atoms with Crippen molar-refractivity contribution in [1.29, 1.82) is 0 Å². The molecule has 3 rings (SSSR count). The maximum Gasteiger partial charge on any atom is 0.231 e. The van der Waals surface area contributed by atoms with Gasteiger partial charge < -0.3 is 15.3 Å². The van der Waals surface area contributed by atoms with E-state index in [1.807, 2.05) is 25.1 Å². The van der Waals surface area contributed by atoms with Crippen LogP contribution in [0.2, 0.25) is 0 Å². The van der Waals surface area contributed by atoms with Crippen LogP contribution in [0.1, 0.15) is 5.56 Å². The van der Waals surface area contributed by atoms with Crippen LogP contribution in [-0.2, 0) is 0 Å². The first-order valence-corrected chi connectivity index (χ1v) is 5.60. The lowest BCUT2D eigenvalue weighted by atomic mass is 10.2. The summed E-state index contributed by atoms with van der Waals surface area (Å²) in [4.78, 5) is 4.40. The second kappa shape index (κ2) is 3.77. The molecule has 0 radical (unpaired) electrons. The Hall–Kier alpha value is -2.49. The number of hydrogen-bond donors (Lipinski definition) is 2. The van der Waals surface area contributed by atoms with Crippen LogP contribution >= 0.6 is 0 Å². The molecule has 0 fully saturated rings. The quantitative estimate of drug-likeness (QED) is 0.506. The van der Waals surface area contributed by atoms with Crippen LogP contribution in [-0.4, -0.2) is 10.1 Å². The number of nitrogens with two attached hydrogens (primary N) is 1. The number of hydrogen-bond acceptors (Lipinski definition) is 4. The van der Waals surface area contributed by atoms with E-state index in [4.69, 9.17) is 10.2 Å². The van der Waals surface area contributed by atoms with E-state index in [1.54, 1.807) is 12.1 Å². The topological polar surface area (TPSA) is 72.3 Å². The SMILES string of the molecule is Cc1cccc2oc(-c3cc(N)ccc3O)nc12. The van der Waals surface area contributed by atoms with Crippen molar-refractivity contribution in [2.24, 2.45) is 0 Å². The first kappa shape index (κ1) is 10.7. The van der Waals surface area contributed by atoms with Gasteiger partial charge in [0.25, 0.3) is 0 Å². The second-order valence-corrected chi connectivity index (χ2v) is 4.22. The highest BCUT2D eigenvalue weighted by atomic mass is 16.3. The van der Waals surface area contributed by atoms with Crippen LogP contribution < -0.4 is 5.73 Å². The van der Waals surface area contributed by atoms with E-state index < -0.39 is 0 Å². The molecule has 0 aliphatic carbocycles. The molecule has 0 amide bonds. The molecule has 0 bridgehead atoms. The molecule has 90 valence electrons. The summed E-state index contributed by atoms with van der Waals surface area (Å²) in [5.74, 6) is 0.484. The largest absolute Gasteiger partial charge is 0.507 e. The van der Waals surface area contributed by atoms with Crippen LogP contribution in [0, 0.1) is 6.92 Å². The minimum Gasteiger partial charge on any atom is -0.507 e. The molecule has 0 atom stereocenters. The molecule has 4 heteroatoms. The highest BCUT2D eigenvalue weighted by molar-refractivity contribution is 5.80. The molecule has 0 spiro atoms. The van der Waals surface area contributed by atoms with Crippen molar-refractivity contribution in [3.8, 4) is 17.2 Å². The molecule has 0 aliphatic rings. The lowest BCUT2D eigenvalue weighted by Gasteiger charge is -2.00. The van der Waals surface area contributed by atoms with Crippen LogP contribution in [0.4, 0.5) is 5.69 Å². The fourth-order valence-electron chi connectivity index (χ4n) is 1.93. The summed E-state index contributed by atoms with van der Waals surface area (Å²) >= 11 is 0. The second-order valence-electron chi connectivity index (χ2n) is 4.22. The van der Waals surface area contributed by atoms with E-state index >= 15 is 0 Å². The van der Waals surface area contributed by atoms with E-state index in [1.165, 1.54) is 6.07 Å². The minimum atomic E-state index is 0.105. The summed E-state index contributed by atoms with van der Waals surface area (Å²) < 4.78 is 5.64. The number of aromatic nitrogens is 1. The third kappa shape index (κ3) is 1.59. The Morgan fingerprint density at radius 1 is 1.22 bits per heavy atom. The predicted molar refractivity (Wildman–Crippen MR) is 70.3 cm³/mol. The van der Waals surface area contributed by atoms with Crippen molar-refractivity contribution < 1.29 is 9.52 Å². The van der Waals surface area contributed by atoms with Crippen LogP contribution in [0.5, 0.6) is 5.75 Å². The number of nitrogens with zero attached hydrogens (tertiary/aromatic N) is 1. The van der Waals surface area contributed by atoms with Crippen molar-refractivity contribution in [3.05, 3.63) is 42.0 Å². The van der Waals surface area contributed by atoms with Crippen molar-refractivity contribution in [3.63, 3.8) is 0 Å². The van der Waals surface area contributed by atoms with E-state index in [2.05, 4.69) is 4.98 Å². The van der Waals surface area contributed by atoms with Gasteiger partial charge >= 0.3 is 0 Å². The zero-order valence-corrected chi connectivity index (χ0v) is 9.84. The number of anilines is 1. The molecule has 3 N–H and O–H groups in total. The van der Waals surface area contributed by atoms with Gasteiger partial charge in [-0.1, -0.05) is 12.1 Å². The fraction of sp³-hybridized carbons (Fsp3) is 0.0714. The maximum absolute atomic E-state index is 9.83. The lowest BCUT2D eigenvalue weighted by molar-refractivity contribution is 0.474. The molecule has 18 heavy (non-hydrogen) atoms. The van der Waals surface area contributed by atoms with Crippen molar-refractivity contribution in [1.82, 2.24) is 4.98 Å². The Bertz CT molecular complexity index is 732. The molecule has 0 aliphatic heterocycles. The van der Waals surface area contributed by atoms with Gasteiger partial charge in [0.15, 0.2) is 5.58 Å². The van der Waals surface area contributed by atoms with Gasteiger partial charge in [-0.2, -0.15) is 0 Å². The van der Waals surface area contributed by atoms with Gasteiger partial charge in [-0.15, -0.1) is 0 Å². The monoisotopic (exact) mass is 240 g/mol. The molecule has 1 heterocycles. The summed E-state index contributed by atoms with van der Waals surface area (Å²) in [5, 5.41) is 9.83. The van der Waals surface area contributed by atoms with Crippen molar-refractivity contribution in [2.75, 3.05) is 5.73 Å². The molecule has 0 saturated carbocycles. The van der Waals surface area contributed by atoms with E-state index in [0.29, 0.717) is 22.7 Å². The number of phenolic OH excluding ortho intramolecular Hbond substituents is 1. The summed E-state index contributed by atoms with van der Waals surface area (Å²) in [6, 6.07) is 10.5. The summed E-state index contributed by atoms with van der Waals surface area (Å²) in [6.07, 6.45) is 0. The first-order chi connectivity index (χ1) is 8.65. The van der Waals surface area contributed by atoms with Gasteiger partial charge in [-0.25, -0.2) is 4.98 Å². The van der Waals surface area contributed by atoms with Crippen molar-refractivity contribution >= 4 is 16.8 Å². The third-order valence-corrected chi connectivity index (χ3v) is 2.87. The van der Waals surface area contributed by atoms with E-state index in [-0.39, 0.29) is 5.75 Å². The Labute approximate surface area is 104 Å².